The molecule has 12 N–H and O–H groups in total. The van der Waals surface area contributed by atoms with Gasteiger partial charge in [0, 0.05) is 13.1 Å². The zero-order valence-electron chi connectivity index (χ0n) is 21.2. The number of benzene rings is 2. The molecule has 220 valence electrons. The lowest BCUT2D eigenvalue weighted by Gasteiger charge is -2.42. The Morgan fingerprint density at radius 1 is 0.775 bits per heavy atom. The van der Waals surface area contributed by atoms with Crippen LogP contribution in [0.5, 0.6) is 51.7 Å². The number of hydrogen-bond donors (Lipinski definition) is 12. The molecule has 2 aromatic rings. The maximum Gasteiger partial charge on any atom is 0.261 e. The monoisotopic (exact) mass is 571 g/mol. The highest BCUT2D eigenvalue weighted by Gasteiger charge is 2.66. The lowest BCUT2D eigenvalue weighted by Crippen LogP contribution is -2.55. The number of aliphatic hydroxyl groups is 5. The third-order valence-electron chi connectivity index (χ3n) is 7.64. The summed E-state index contributed by atoms with van der Waals surface area (Å²) in [6.07, 6.45) is -0.730. The normalized spacial score (nSPS) is 21.4. The number of Topliss-reactive ketones (excluding diaryl/α,β-unsaturated/α-hetero) is 1. The van der Waals surface area contributed by atoms with E-state index >= 15 is 0 Å². The van der Waals surface area contributed by atoms with Crippen molar-refractivity contribution in [2.45, 2.75) is 36.6 Å². The van der Waals surface area contributed by atoms with Crippen LogP contribution in [0.3, 0.4) is 0 Å². The smallest absolute Gasteiger partial charge is 0.261 e. The van der Waals surface area contributed by atoms with Crippen LogP contribution in [0.2, 0.25) is 0 Å². The molecule has 4 rings (SSSR count). The number of piperidine rings is 1. The number of phenols is 7. The average Bonchev–Trinajstić information content (AvgIpc) is 3.05. The zero-order chi connectivity index (χ0) is 30.1. The predicted octanol–water partition coefficient (Wildman–Crippen LogP) is -1.40. The summed E-state index contributed by atoms with van der Waals surface area (Å²) in [4.78, 5) is 14.2. The van der Waals surface area contributed by atoms with Gasteiger partial charge in [-0.2, -0.15) is 0 Å². The minimum atomic E-state index is -3.39. The summed E-state index contributed by atoms with van der Waals surface area (Å²) in [6.45, 7) is -0.531. The molecule has 16 heteroatoms. The summed E-state index contributed by atoms with van der Waals surface area (Å²) in [6, 6.07) is 0. The van der Waals surface area contributed by atoms with Crippen LogP contribution in [0.25, 0.3) is 0 Å². The van der Waals surface area contributed by atoms with Crippen molar-refractivity contribution in [3.8, 4) is 51.7 Å². The van der Waals surface area contributed by atoms with Crippen LogP contribution >= 0.6 is 0 Å². The van der Waals surface area contributed by atoms with Crippen LogP contribution in [0.1, 0.15) is 40.7 Å². The van der Waals surface area contributed by atoms with Crippen molar-refractivity contribution in [2.75, 3.05) is 27.3 Å². The van der Waals surface area contributed by atoms with Gasteiger partial charge in [0.1, 0.15) is 5.56 Å². The van der Waals surface area contributed by atoms with Crippen LogP contribution in [0.15, 0.2) is 0 Å². The van der Waals surface area contributed by atoms with Gasteiger partial charge in [-0.1, -0.05) is 0 Å². The van der Waals surface area contributed by atoms with Gasteiger partial charge in [0.2, 0.25) is 40.3 Å². The molecular weight excluding hydrogens is 542 g/mol. The van der Waals surface area contributed by atoms with Gasteiger partial charge >= 0.3 is 0 Å². The van der Waals surface area contributed by atoms with E-state index in [1.165, 1.54) is 0 Å². The van der Waals surface area contributed by atoms with Gasteiger partial charge in [0.05, 0.1) is 25.3 Å². The second-order valence-corrected chi connectivity index (χ2v) is 9.76. The summed E-state index contributed by atoms with van der Waals surface area (Å²) in [5, 5.41) is 125. The van der Waals surface area contributed by atoms with E-state index in [1.807, 2.05) is 0 Å². The van der Waals surface area contributed by atoms with Crippen LogP contribution in [0, 0.1) is 5.92 Å². The maximum atomic E-state index is 13.3. The van der Waals surface area contributed by atoms with Gasteiger partial charge in [0.25, 0.3) is 5.91 Å². The number of methoxy groups -OCH3 is 2. The number of likely N-dealkylation sites (tertiary alicyclic amines) is 1. The molecule has 2 aromatic carbocycles. The van der Waals surface area contributed by atoms with Crippen LogP contribution in [-0.2, 0) is 11.7 Å². The highest BCUT2D eigenvalue weighted by atomic mass is 16.5. The Balaban J connectivity index is 1.61. The first-order valence-corrected chi connectivity index (χ1v) is 11.8. The minimum absolute atomic E-state index is 0.0485. The molecule has 2 aliphatic rings. The number of nitrogens with zero attached hydrogens (tertiary/aromatic N) is 1. The molecule has 1 fully saturated rings. The molecule has 40 heavy (non-hydrogen) atoms. The molecule has 1 heterocycles. The third kappa shape index (κ3) is 3.72. The van der Waals surface area contributed by atoms with E-state index in [0.717, 1.165) is 19.1 Å². The van der Waals surface area contributed by atoms with E-state index < -0.39 is 104 Å². The van der Waals surface area contributed by atoms with Gasteiger partial charge < -0.3 is 70.8 Å². The number of fused-ring (bicyclic) bond motifs is 1. The molecule has 0 saturated carbocycles. The fourth-order valence-electron chi connectivity index (χ4n) is 5.45. The van der Waals surface area contributed by atoms with E-state index in [2.05, 4.69) is 0 Å². The molecule has 1 atom stereocenters. The molecule has 0 radical (unpaired) electrons. The Morgan fingerprint density at radius 3 is 1.70 bits per heavy atom. The van der Waals surface area contributed by atoms with Gasteiger partial charge in [-0.3, -0.25) is 4.79 Å². The molecule has 16 nitrogen and oxygen atoms in total. The number of hydrogen-bond acceptors (Lipinski definition) is 16. The maximum absolute atomic E-state index is 13.3. The fraction of sp³-hybridized carbons (Fsp3) is 0.458. The Kier molecular flexibility index (Phi) is 6.78. The number of ether oxygens (including phenoxy) is 2. The molecule has 1 aliphatic carbocycles. The first kappa shape index (κ1) is 29.1. The zero-order valence-corrected chi connectivity index (χ0v) is 21.2. The number of phenolic OH excluding ortho intramolecular Hbond substituents is 7. The fourth-order valence-corrected chi connectivity index (χ4v) is 5.45. The van der Waals surface area contributed by atoms with Crippen molar-refractivity contribution >= 4 is 5.78 Å². The van der Waals surface area contributed by atoms with Gasteiger partial charge in [-0.25, -0.2) is 4.90 Å². The summed E-state index contributed by atoms with van der Waals surface area (Å²) < 4.78 is 9.91. The van der Waals surface area contributed by atoms with Crippen molar-refractivity contribution in [3.05, 3.63) is 16.7 Å². The van der Waals surface area contributed by atoms with Crippen molar-refractivity contribution in [3.63, 3.8) is 0 Å². The van der Waals surface area contributed by atoms with Crippen molar-refractivity contribution in [1.29, 1.82) is 0 Å². The number of carbonyl (C=O) groups excluding carboxylic acids is 1. The molecule has 1 saturated heterocycles. The highest BCUT2D eigenvalue weighted by Crippen LogP contribution is 2.59. The first-order valence-electron chi connectivity index (χ1n) is 11.8. The summed E-state index contributed by atoms with van der Waals surface area (Å²) in [5.74, 6) is -18.1. The number of ketones is 1. The van der Waals surface area contributed by atoms with E-state index in [0.29, 0.717) is 0 Å². The highest BCUT2D eigenvalue weighted by molar-refractivity contribution is 6.12. The Hall–Kier alpha value is -3.93. The second kappa shape index (κ2) is 9.33. The largest absolute Gasteiger partial charge is 0.504 e. The van der Waals surface area contributed by atoms with Gasteiger partial charge in [-0.15, -0.1) is 0 Å². The number of carbonyl (C=O) groups is 1. The van der Waals surface area contributed by atoms with E-state index in [9.17, 15) is 66.1 Å². The SMILES string of the molecule is COc1c(O)c2c(c(O)c1OC)C(O)(O)C(O)(CC1CCN(C(O)(O)c3c(O)c(O)c(O)c(O)c3O)CC1)C2=O. The van der Waals surface area contributed by atoms with Crippen molar-refractivity contribution in [2.24, 2.45) is 5.92 Å². The third-order valence-corrected chi connectivity index (χ3v) is 7.64. The molecule has 0 amide bonds. The van der Waals surface area contributed by atoms with E-state index in [1.54, 1.807) is 0 Å². The van der Waals surface area contributed by atoms with Crippen LogP contribution < -0.4 is 9.47 Å². The quantitative estimate of drug-likeness (QED) is 0.108. The van der Waals surface area contributed by atoms with E-state index in [4.69, 9.17) is 9.47 Å². The Morgan fingerprint density at radius 2 is 1.23 bits per heavy atom. The number of rotatable bonds is 6. The predicted molar refractivity (Wildman–Crippen MR) is 128 cm³/mol. The van der Waals surface area contributed by atoms with Crippen molar-refractivity contribution < 1.29 is 75.5 Å². The number of aromatic hydroxyl groups is 7. The molecule has 1 aliphatic heterocycles. The summed E-state index contributed by atoms with van der Waals surface area (Å²) in [7, 11) is 2.18. The summed E-state index contributed by atoms with van der Waals surface area (Å²) >= 11 is 0. The van der Waals surface area contributed by atoms with Crippen molar-refractivity contribution in [1.82, 2.24) is 4.90 Å². The average molecular weight is 571 g/mol. The van der Waals surface area contributed by atoms with Gasteiger partial charge in [0.15, 0.2) is 28.6 Å². The van der Waals surface area contributed by atoms with Crippen LogP contribution in [-0.4, -0.2) is 105 Å². The van der Waals surface area contributed by atoms with Crippen LogP contribution in [0.4, 0.5) is 0 Å². The summed E-state index contributed by atoms with van der Waals surface area (Å²) in [5.41, 5.74) is -5.79. The molecule has 0 spiro atoms. The van der Waals surface area contributed by atoms with Gasteiger partial charge in [-0.05, 0) is 25.2 Å². The second-order valence-electron chi connectivity index (χ2n) is 9.76. The van der Waals surface area contributed by atoms with E-state index in [-0.39, 0.29) is 25.9 Å². The molecular formula is C24H29NO15. The molecule has 0 bridgehead atoms. The minimum Gasteiger partial charge on any atom is -0.504 e. The molecule has 1 unspecified atom stereocenters. The Bertz CT molecular complexity index is 1350. The first-order chi connectivity index (χ1) is 18.5. The standard InChI is InChI=1S/C24H29NO15/c1-39-19-12(26)9-10(15(29)20(19)40-2)23(35,36)22(34,21(9)33)7-8-3-5-25(6-4-8)24(37,38)11-13(27)16(30)18(32)17(31)14(11)28/h8,26-32,34-38H,3-7H2,1-2H3. The Labute approximate surface area is 225 Å². The lowest BCUT2D eigenvalue weighted by atomic mass is 9.79. The molecule has 0 aromatic heterocycles. The lowest BCUT2D eigenvalue weighted by molar-refractivity contribution is -0.285. The topological polar surface area (TPSA) is 282 Å².